The summed E-state index contributed by atoms with van der Waals surface area (Å²) in [7, 11) is -1.94. The van der Waals surface area contributed by atoms with Gasteiger partial charge in [0.15, 0.2) is 4.67 Å². The zero-order chi connectivity index (χ0) is 15.5. The van der Waals surface area contributed by atoms with Crippen LogP contribution in [0.1, 0.15) is 39.9 Å². The Kier molecular flexibility index (Phi) is 6.25. The predicted molar refractivity (Wildman–Crippen MR) is 83.1 cm³/mol. The lowest BCUT2D eigenvalue weighted by atomic mass is 10.3. The standard InChI is InChI=1S/C13H23BrN2O3S/c1-6-10(4)16(5)20(17,18)12-7-11(19-13(12)14)8-15-9(2)3/h7,9-10,15H,6,8H2,1-5H3. The van der Waals surface area contributed by atoms with Crippen molar-refractivity contribution in [2.24, 2.45) is 0 Å². The topological polar surface area (TPSA) is 62.6 Å². The molecule has 0 amide bonds. The molecular weight excluding hydrogens is 344 g/mol. The summed E-state index contributed by atoms with van der Waals surface area (Å²) in [6.07, 6.45) is 0.757. The van der Waals surface area contributed by atoms with Gasteiger partial charge in [0.25, 0.3) is 0 Å². The van der Waals surface area contributed by atoms with Gasteiger partial charge in [-0.3, -0.25) is 0 Å². The van der Waals surface area contributed by atoms with Crippen LogP contribution in [0.2, 0.25) is 0 Å². The predicted octanol–water partition coefficient (Wildman–Crippen LogP) is 2.96. The first-order valence-corrected chi connectivity index (χ1v) is 8.93. The molecule has 0 aliphatic carbocycles. The smallest absolute Gasteiger partial charge is 0.247 e. The van der Waals surface area contributed by atoms with E-state index in [0.717, 1.165) is 6.42 Å². The molecular formula is C13H23BrN2O3S. The van der Waals surface area contributed by atoms with Gasteiger partial charge in [0.05, 0.1) is 6.54 Å². The van der Waals surface area contributed by atoms with Crippen molar-refractivity contribution in [2.75, 3.05) is 7.05 Å². The highest BCUT2D eigenvalue weighted by atomic mass is 79.9. The Hall–Kier alpha value is -0.370. The maximum atomic E-state index is 12.5. The van der Waals surface area contributed by atoms with Gasteiger partial charge < -0.3 is 9.73 Å². The third-order valence-corrected chi connectivity index (χ3v) is 6.09. The van der Waals surface area contributed by atoms with Crippen molar-refractivity contribution in [1.82, 2.24) is 9.62 Å². The van der Waals surface area contributed by atoms with Gasteiger partial charge in [-0.1, -0.05) is 20.8 Å². The van der Waals surface area contributed by atoms with Crippen LogP contribution in [0.3, 0.4) is 0 Å². The SMILES string of the molecule is CCC(C)N(C)S(=O)(=O)c1cc(CNC(C)C)oc1Br. The van der Waals surface area contributed by atoms with Crippen LogP contribution in [-0.2, 0) is 16.6 Å². The van der Waals surface area contributed by atoms with Crippen molar-refractivity contribution >= 4 is 26.0 Å². The third kappa shape index (κ3) is 4.07. The first-order valence-electron chi connectivity index (χ1n) is 6.69. The van der Waals surface area contributed by atoms with Crippen LogP contribution >= 0.6 is 15.9 Å². The normalized spacial score (nSPS) is 14.2. The number of hydrogen-bond acceptors (Lipinski definition) is 4. The maximum absolute atomic E-state index is 12.5. The van der Waals surface area contributed by atoms with Crippen LogP contribution in [-0.4, -0.2) is 31.9 Å². The molecule has 20 heavy (non-hydrogen) atoms. The number of furan rings is 1. The molecule has 1 aromatic heterocycles. The van der Waals surface area contributed by atoms with Crippen LogP contribution in [0.15, 0.2) is 20.0 Å². The average molecular weight is 367 g/mol. The number of nitrogens with zero attached hydrogens (tertiary/aromatic N) is 1. The molecule has 0 bridgehead atoms. The summed E-state index contributed by atoms with van der Waals surface area (Å²) in [5.74, 6) is 0.599. The monoisotopic (exact) mass is 366 g/mol. The number of halogens is 1. The van der Waals surface area contributed by atoms with E-state index in [9.17, 15) is 8.42 Å². The second-order valence-electron chi connectivity index (χ2n) is 5.16. The molecule has 0 saturated heterocycles. The van der Waals surface area contributed by atoms with E-state index in [1.165, 1.54) is 4.31 Å². The summed E-state index contributed by atoms with van der Waals surface area (Å²) < 4.78 is 32.1. The minimum atomic E-state index is -3.53. The molecule has 0 aliphatic heterocycles. The van der Waals surface area contributed by atoms with Crippen molar-refractivity contribution in [1.29, 1.82) is 0 Å². The number of hydrogen-bond donors (Lipinski definition) is 1. The summed E-state index contributed by atoms with van der Waals surface area (Å²) in [5, 5.41) is 3.19. The molecule has 1 unspecified atom stereocenters. The fourth-order valence-corrected chi connectivity index (χ4v) is 4.01. The Morgan fingerprint density at radius 1 is 1.40 bits per heavy atom. The second kappa shape index (κ2) is 7.06. The zero-order valence-electron chi connectivity index (χ0n) is 12.6. The lowest BCUT2D eigenvalue weighted by Gasteiger charge is -2.22. The molecule has 0 fully saturated rings. The van der Waals surface area contributed by atoms with Gasteiger partial charge in [0.2, 0.25) is 10.0 Å². The molecule has 0 aromatic carbocycles. The zero-order valence-corrected chi connectivity index (χ0v) is 15.0. The van der Waals surface area contributed by atoms with Crippen molar-refractivity contribution in [3.63, 3.8) is 0 Å². The van der Waals surface area contributed by atoms with E-state index in [4.69, 9.17) is 4.42 Å². The molecule has 0 aliphatic rings. The summed E-state index contributed by atoms with van der Waals surface area (Å²) in [4.78, 5) is 0.181. The molecule has 1 atom stereocenters. The molecule has 0 saturated carbocycles. The van der Waals surface area contributed by atoms with Gasteiger partial charge in [-0.25, -0.2) is 8.42 Å². The molecule has 7 heteroatoms. The summed E-state index contributed by atoms with van der Waals surface area (Å²) in [6.45, 7) is 8.38. The van der Waals surface area contributed by atoms with Crippen LogP contribution in [0.4, 0.5) is 0 Å². The number of sulfonamides is 1. The Balaban J connectivity index is 3.01. The fraction of sp³-hybridized carbons (Fsp3) is 0.692. The summed E-state index contributed by atoms with van der Waals surface area (Å²) >= 11 is 3.20. The molecule has 116 valence electrons. The van der Waals surface area contributed by atoms with Gasteiger partial charge in [0.1, 0.15) is 10.7 Å². The molecule has 1 aromatic rings. The highest BCUT2D eigenvalue weighted by Gasteiger charge is 2.29. The summed E-state index contributed by atoms with van der Waals surface area (Å²) in [6, 6.07) is 1.83. The van der Waals surface area contributed by atoms with Gasteiger partial charge in [-0.05, 0) is 29.3 Å². The minimum absolute atomic E-state index is 0.0564. The Labute approximate surface area is 129 Å². The van der Waals surface area contributed by atoms with E-state index in [0.29, 0.717) is 18.3 Å². The van der Waals surface area contributed by atoms with Crippen molar-refractivity contribution in [3.05, 3.63) is 16.5 Å². The Bertz CT molecular complexity index is 540. The van der Waals surface area contributed by atoms with Gasteiger partial charge in [0, 0.05) is 25.2 Å². The van der Waals surface area contributed by atoms with E-state index in [-0.39, 0.29) is 15.6 Å². The van der Waals surface area contributed by atoms with Gasteiger partial charge in [-0.15, -0.1) is 0 Å². The average Bonchev–Trinajstić information content (AvgIpc) is 2.76. The van der Waals surface area contributed by atoms with E-state index in [1.807, 2.05) is 27.7 Å². The maximum Gasteiger partial charge on any atom is 0.247 e. The first-order chi connectivity index (χ1) is 9.20. The number of rotatable bonds is 7. The van der Waals surface area contributed by atoms with Gasteiger partial charge in [-0.2, -0.15) is 4.31 Å². The molecule has 1 heterocycles. The molecule has 5 nitrogen and oxygen atoms in total. The molecule has 1 rings (SSSR count). The highest BCUT2D eigenvalue weighted by Crippen LogP contribution is 2.29. The van der Waals surface area contributed by atoms with E-state index < -0.39 is 10.0 Å². The first kappa shape index (κ1) is 17.7. The Morgan fingerprint density at radius 2 is 2.00 bits per heavy atom. The van der Waals surface area contributed by atoms with Crippen LogP contribution in [0, 0.1) is 0 Å². The Morgan fingerprint density at radius 3 is 2.50 bits per heavy atom. The van der Waals surface area contributed by atoms with E-state index in [1.54, 1.807) is 13.1 Å². The lowest BCUT2D eigenvalue weighted by Crippen LogP contribution is -2.34. The van der Waals surface area contributed by atoms with E-state index in [2.05, 4.69) is 21.2 Å². The van der Waals surface area contributed by atoms with Crippen LogP contribution in [0.25, 0.3) is 0 Å². The van der Waals surface area contributed by atoms with Crippen molar-refractivity contribution in [2.45, 2.75) is 57.6 Å². The molecule has 1 N–H and O–H groups in total. The third-order valence-electron chi connectivity index (χ3n) is 3.26. The molecule has 0 spiro atoms. The number of nitrogens with one attached hydrogen (secondary N) is 1. The van der Waals surface area contributed by atoms with E-state index >= 15 is 0 Å². The largest absolute Gasteiger partial charge is 0.452 e. The van der Waals surface area contributed by atoms with Crippen molar-refractivity contribution in [3.8, 4) is 0 Å². The highest BCUT2D eigenvalue weighted by molar-refractivity contribution is 9.10. The minimum Gasteiger partial charge on any atom is -0.452 e. The fourth-order valence-electron chi connectivity index (χ4n) is 1.61. The van der Waals surface area contributed by atoms with Crippen LogP contribution in [0.5, 0.6) is 0 Å². The lowest BCUT2D eigenvalue weighted by molar-refractivity contribution is 0.379. The van der Waals surface area contributed by atoms with Crippen LogP contribution < -0.4 is 5.32 Å². The van der Waals surface area contributed by atoms with Gasteiger partial charge >= 0.3 is 0 Å². The van der Waals surface area contributed by atoms with Crippen molar-refractivity contribution < 1.29 is 12.8 Å². The second-order valence-corrected chi connectivity index (χ2v) is 7.85. The quantitative estimate of drug-likeness (QED) is 0.805. The summed E-state index contributed by atoms with van der Waals surface area (Å²) in [5.41, 5.74) is 0. The molecule has 0 radical (unpaired) electrons.